The van der Waals surface area contributed by atoms with E-state index in [1.807, 2.05) is 64.1 Å². The summed E-state index contributed by atoms with van der Waals surface area (Å²) in [6.45, 7) is 7.51. The Morgan fingerprint density at radius 3 is 2.64 bits per heavy atom. The molecule has 0 spiro atoms. The second kappa shape index (κ2) is 9.96. The van der Waals surface area contributed by atoms with Crippen LogP contribution in [0.15, 0.2) is 55.0 Å². The SMILES string of the molecule is CNc1cc(-n2nc(C)cc2Nc2cc(C(=O)Cc3ccnc(C(C)(C)C#N)c3)ccc2C)ncn1. The van der Waals surface area contributed by atoms with E-state index in [-0.39, 0.29) is 12.2 Å². The van der Waals surface area contributed by atoms with Crippen molar-refractivity contribution in [2.45, 2.75) is 39.5 Å². The first-order chi connectivity index (χ1) is 17.2. The van der Waals surface area contributed by atoms with Crippen LogP contribution >= 0.6 is 0 Å². The van der Waals surface area contributed by atoms with Gasteiger partial charge >= 0.3 is 0 Å². The highest BCUT2D eigenvalue weighted by atomic mass is 16.1. The van der Waals surface area contributed by atoms with E-state index < -0.39 is 5.41 Å². The third-order valence-corrected chi connectivity index (χ3v) is 5.89. The van der Waals surface area contributed by atoms with Crippen LogP contribution in [-0.2, 0) is 11.8 Å². The molecular formula is C27H28N8O. The van der Waals surface area contributed by atoms with Gasteiger partial charge in [0.2, 0.25) is 0 Å². The predicted octanol–water partition coefficient (Wildman–Crippen LogP) is 4.69. The Balaban J connectivity index is 1.60. The summed E-state index contributed by atoms with van der Waals surface area (Å²) >= 11 is 0. The van der Waals surface area contributed by atoms with Gasteiger partial charge in [-0.15, -0.1) is 0 Å². The molecule has 2 N–H and O–H groups in total. The van der Waals surface area contributed by atoms with Crippen LogP contribution in [0.1, 0.15) is 46.7 Å². The second-order valence-electron chi connectivity index (χ2n) is 9.13. The second-order valence-corrected chi connectivity index (χ2v) is 9.13. The summed E-state index contributed by atoms with van der Waals surface area (Å²) in [4.78, 5) is 26.0. The normalized spacial score (nSPS) is 11.1. The maximum atomic E-state index is 13.2. The topological polar surface area (TPSA) is 121 Å². The van der Waals surface area contributed by atoms with E-state index in [2.05, 4.69) is 36.8 Å². The Kier molecular flexibility index (Phi) is 6.79. The number of nitrogens with zero attached hydrogens (tertiary/aromatic N) is 6. The van der Waals surface area contributed by atoms with Gasteiger partial charge in [-0.2, -0.15) is 15.0 Å². The average molecular weight is 481 g/mol. The largest absolute Gasteiger partial charge is 0.373 e. The lowest BCUT2D eigenvalue weighted by molar-refractivity contribution is 0.0993. The zero-order valence-corrected chi connectivity index (χ0v) is 21.0. The van der Waals surface area contributed by atoms with E-state index in [1.165, 1.54) is 6.33 Å². The summed E-state index contributed by atoms with van der Waals surface area (Å²) in [6.07, 6.45) is 3.34. The van der Waals surface area contributed by atoms with Crippen LogP contribution in [0.2, 0.25) is 0 Å². The molecule has 3 aromatic heterocycles. The molecule has 0 bridgehead atoms. The fraction of sp³-hybridized carbons (Fsp3) is 0.259. The minimum absolute atomic E-state index is 0.0240. The van der Waals surface area contributed by atoms with Crippen molar-refractivity contribution in [1.82, 2.24) is 24.7 Å². The summed E-state index contributed by atoms with van der Waals surface area (Å²) in [6, 6.07) is 15.2. The highest BCUT2D eigenvalue weighted by Gasteiger charge is 2.22. The first-order valence-electron chi connectivity index (χ1n) is 11.5. The minimum atomic E-state index is -0.723. The van der Waals surface area contributed by atoms with Crippen LogP contribution < -0.4 is 10.6 Å². The van der Waals surface area contributed by atoms with Crippen molar-refractivity contribution < 1.29 is 4.79 Å². The number of ketones is 1. The number of hydrogen-bond donors (Lipinski definition) is 2. The molecule has 0 aliphatic carbocycles. The molecule has 0 aliphatic rings. The lowest BCUT2D eigenvalue weighted by atomic mass is 9.89. The number of aromatic nitrogens is 5. The molecule has 0 amide bonds. The molecule has 182 valence electrons. The summed E-state index contributed by atoms with van der Waals surface area (Å²) in [5, 5.41) is 20.4. The van der Waals surface area contributed by atoms with Gasteiger partial charge in [-0.25, -0.2) is 9.97 Å². The van der Waals surface area contributed by atoms with E-state index >= 15 is 0 Å². The fourth-order valence-electron chi connectivity index (χ4n) is 3.70. The van der Waals surface area contributed by atoms with Crippen LogP contribution in [0.25, 0.3) is 5.82 Å². The van der Waals surface area contributed by atoms with Crippen LogP contribution in [0.5, 0.6) is 0 Å². The van der Waals surface area contributed by atoms with Crippen molar-refractivity contribution in [1.29, 1.82) is 5.26 Å². The van der Waals surface area contributed by atoms with Gasteiger partial charge in [-0.1, -0.05) is 12.1 Å². The van der Waals surface area contributed by atoms with E-state index in [0.29, 0.717) is 22.9 Å². The molecule has 4 rings (SSSR count). The highest BCUT2D eigenvalue weighted by molar-refractivity contribution is 5.98. The molecule has 9 heteroatoms. The number of Topliss-reactive ketones (excluding diaryl/α,β-unsaturated/α-hetero) is 1. The number of pyridine rings is 1. The number of anilines is 3. The van der Waals surface area contributed by atoms with Crippen LogP contribution in [0.3, 0.4) is 0 Å². The molecule has 0 saturated heterocycles. The van der Waals surface area contributed by atoms with Crippen LogP contribution in [0.4, 0.5) is 17.3 Å². The number of nitriles is 1. The minimum Gasteiger partial charge on any atom is -0.373 e. The lowest BCUT2D eigenvalue weighted by Crippen LogP contribution is -2.16. The molecule has 0 saturated carbocycles. The Hall–Kier alpha value is -4.58. The molecule has 3 heterocycles. The van der Waals surface area contributed by atoms with Crippen molar-refractivity contribution in [2.24, 2.45) is 0 Å². The number of rotatable bonds is 8. The van der Waals surface area contributed by atoms with Crippen molar-refractivity contribution in [3.63, 3.8) is 0 Å². The molecule has 9 nitrogen and oxygen atoms in total. The Bertz CT molecular complexity index is 1460. The number of carbonyl (C=O) groups excluding carboxylic acids is 1. The maximum Gasteiger partial charge on any atom is 0.167 e. The smallest absolute Gasteiger partial charge is 0.167 e. The third-order valence-electron chi connectivity index (χ3n) is 5.89. The summed E-state index contributed by atoms with van der Waals surface area (Å²) in [7, 11) is 1.79. The zero-order chi connectivity index (χ0) is 25.9. The number of aryl methyl sites for hydroxylation is 2. The molecule has 0 aliphatic heterocycles. The Morgan fingerprint density at radius 1 is 1.08 bits per heavy atom. The summed E-state index contributed by atoms with van der Waals surface area (Å²) in [5.41, 5.74) is 3.93. The van der Waals surface area contributed by atoms with Crippen LogP contribution in [-0.4, -0.2) is 37.6 Å². The van der Waals surface area contributed by atoms with Crippen molar-refractivity contribution in [3.8, 4) is 11.9 Å². The van der Waals surface area contributed by atoms with E-state index in [9.17, 15) is 10.1 Å². The molecular weight excluding hydrogens is 452 g/mol. The fourth-order valence-corrected chi connectivity index (χ4v) is 3.70. The summed E-state index contributed by atoms with van der Waals surface area (Å²) in [5.74, 6) is 1.99. The number of hydrogen-bond acceptors (Lipinski definition) is 8. The van der Waals surface area contributed by atoms with Gasteiger partial charge < -0.3 is 10.6 Å². The van der Waals surface area contributed by atoms with Crippen molar-refractivity contribution in [2.75, 3.05) is 17.7 Å². The number of carbonyl (C=O) groups is 1. The molecule has 1 aromatic carbocycles. The first-order valence-corrected chi connectivity index (χ1v) is 11.5. The van der Waals surface area contributed by atoms with Gasteiger partial charge in [0.15, 0.2) is 11.6 Å². The van der Waals surface area contributed by atoms with E-state index in [4.69, 9.17) is 0 Å². The highest BCUT2D eigenvalue weighted by Crippen LogP contribution is 2.26. The maximum absolute atomic E-state index is 13.2. The number of nitrogens with one attached hydrogen (secondary N) is 2. The number of benzene rings is 1. The van der Waals surface area contributed by atoms with Crippen LogP contribution in [0, 0.1) is 25.2 Å². The van der Waals surface area contributed by atoms with Gasteiger partial charge in [0.05, 0.1) is 22.9 Å². The molecule has 0 fully saturated rings. The molecule has 0 atom stereocenters. The van der Waals surface area contributed by atoms with Gasteiger partial charge in [-0.3, -0.25) is 9.78 Å². The standard InChI is InChI=1S/C27H28N8O/c1-17-6-7-20(22(36)11-19-8-9-30-23(12-19)27(3,4)15-28)13-21(17)33-26-10-18(2)34-35(26)25-14-24(29-5)31-16-32-25/h6-10,12-14,16,33H,11H2,1-5H3,(H,29,31,32). The monoisotopic (exact) mass is 480 g/mol. The average Bonchev–Trinajstić information content (AvgIpc) is 3.25. The van der Waals surface area contributed by atoms with Gasteiger partial charge in [0.25, 0.3) is 0 Å². The Morgan fingerprint density at radius 2 is 1.89 bits per heavy atom. The molecule has 36 heavy (non-hydrogen) atoms. The molecule has 0 unspecified atom stereocenters. The van der Waals surface area contributed by atoms with Gasteiger partial charge in [0.1, 0.15) is 18.0 Å². The Labute approximate surface area is 210 Å². The lowest BCUT2D eigenvalue weighted by Gasteiger charge is -2.15. The zero-order valence-electron chi connectivity index (χ0n) is 21.0. The van der Waals surface area contributed by atoms with E-state index in [1.54, 1.807) is 24.0 Å². The molecule has 4 aromatic rings. The predicted molar refractivity (Wildman–Crippen MR) is 139 cm³/mol. The quantitative estimate of drug-likeness (QED) is 0.349. The van der Waals surface area contributed by atoms with Gasteiger partial charge in [0, 0.05) is 43.0 Å². The van der Waals surface area contributed by atoms with E-state index in [0.717, 1.165) is 28.3 Å². The first kappa shape index (κ1) is 24.5. The summed E-state index contributed by atoms with van der Waals surface area (Å²) < 4.78 is 1.71. The third kappa shape index (κ3) is 5.23. The molecule has 0 radical (unpaired) electrons. The van der Waals surface area contributed by atoms with Gasteiger partial charge in [-0.05, 0) is 57.0 Å². The van der Waals surface area contributed by atoms with Crippen molar-refractivity contribution in [3.05, 3.63) is 83.1 Å². The van der Waals surface area contributed by atoms with Crippen molar-refractivity contribution >= 4 is 23.1 Å².